The van der Waals surface area contributed by atoms with Crippen LogP contribution in [0.4, 0.5) is 18.9 Å². The molecule has 3 N–H and O–H groups in total. The first-order valence-electron chi connectivity index (χ1n) is 6.57. The van der Waals surface area contributed by atoms with E-state index in [2.05, 4.69) is 5.32 Å². The number of rotatable bonds is 5. The molecule has 0 radical (unpaired) electrons. The summed E-state index contributed by atoms with van der Waals surface area (Å²) < 4.78 is 38.2. The summed E-state index contributed by atoms with van der Waals surface area (Å²) in [5.41, 5.74) is 3.85. The molecular formula is C14H19F3N2O. The molecule has 112 valence electrons. The average Bonchev–Trinajstić information content (AvgIpc) is 2.36. The lowest BCUT2D eigenvalue weighted by molar-refractivity contribution is -0.136. The van der Waals surface area contributed by atoms with Crippen molar-refractivity contribution in [3.8, 4) is 0 Å². The molecule has 0 saturated heterocycles. The standard InChI is InChI=1S/C14H19F3N2O/c1-3-6-9(4-2)19-13(20)10-7-5-8-11(12(10)18)14(15,16)17/h5,7-9H,3-4,6,18H2,1-2H3,(H,19,20). The number of alkyl halides is 3. The molecular weight excluding hydrogens is 269 g/mol. The number of para-hydroxylation sites is 1. The number of hydrogen-bond acceptors (Lipinski definition) is 2. The van der Waals surface area contributed by atoms with Crippen LogP contribution < -0.4 is 11.1 Å². The largest absolute Gasteiger partial charge is 0.418 e. The van der Waals surface area contributed by atoms with Gasteiger partial charge < -0.3 is 11.1 Å². The van der Waals surface area contributed by atoms with Gasteiger partial charge in [-0.15, -0.1) is 0 Å². The van der Waals surface area contributed by atoms with Gasteiger partial charge in [0.15, 0.2) is 0 Å². The molecule has 1 rings (SSSR count). The number of halogens is 3. The van der Waals surface area contributed by atoms with Crippen LogP contribution in [-0.4, -0.2) is 11.9 Å². The second kappa shape index (κ2) is 6.63. The molecule has 1 aromatic rings. The van der Waals surface area contributed by atoms with E-state index in [9.17, 15) is 18.0 Å². The van der Waals surface area contributed by atoms with Crippen LogP contribution in [0.5, 0.6) is 0 Å². The van der Waals surface area contributed by atoms with E-state index < -0.39 is 23.3 Å². The zero-order valence-corrected chi connectivity index (χ0v) is 11.6. The molecule has 6 heteroatoms. The van der Waals surface area contributed by atoms with Gasteiger partial charge in [-0.1, -0.05) is 26.3 Å². The summed E-state index contributed by atoms with van der Waals surface area (Å²) in [5, 5.41) is 2.72. The first-order valence-corrected chi connectivity index (χ1v) is 6.57. The third-order valence-corrected chi connectivity index (χ3v) is 3.12. The Morgan fingerprint density at radius 1 is 1.35 bits per heavy atom. The van der Waals surface area contributed by atoms with Crippen molar-refractivity contribution in [1.82, 2.24) is 5.32 Å². The molecule has 0 fully saturated rings. The van der Waals surface area contributed by atoms with Crippen LogP contribution in [0, 0.1) is 0 Å². The van der Waals surface area contributed by atoms with Gasteiger partial charge in [-0.05, 0) is 25.0 Å². The van der Waals surface area contributed by atoms with Crippen molar-refractivity contribution in [2.75, 3.05) is 5.73 Å². The summed E-state index contributed by atoms with van der Waals surface area (Å²) in [5.74, 6) is -0.561. The zero-order valence-electron chi connectivity index (χ0n) is 11.6. The zero-order chi connectivity index (χ0) is 15.3. The lowest BCUT2D eigenvalue weighted by Crippen LogP contribution is -2.35. The lowest BCUT2D eigenvalue weighted by atomic mass is 10.0. The van der Waals surface area contributed by atoms with Gasteiger partial charge in [0.05, 0.1) is 16.8 Å². The number of benzene rings is 1. The minimum atomic E-state index is -4.56. The molecule has 0 spiro atoms. The number of carbonyl (C=O) groups excluding carboxylic acids is 1. The van der Waals surface area contributed by atoms with E-state index in [-0.39, 0.29) is 11.6 Å². The van der Waals surface area contributed by atoms with Gasteiger partial charge in [0, 0.05) is 6.04 Å². The number of carbonyl (C=O) groups is 1. The highest BCUT2D eigenvalue weighted by Gasteiger charge is 2.34. The summed E-state index contributed by atoms with van der Waals surface area (Å²) in [7, 11) is 0. The van der Waals surface area contributed by atoms with Crippen molar-refractivity contribution < 1.29 is 18.0 Å². The highest BCUT2D eigenvalue weighted by molar-refractivity contribution is 6.00. The highest BCUT2D eigenvalue weighted by Crippen LogP contribution is 2.34. The van der Waals surface area contributed by atoms with Gasteiger partial charge >= 0.3 is 6.18 Å². The van der Waals surface area contributed by atoms with E-state index in [1.165, 1.54) is 12.1 Å². The Labute approximate surface area is 116 Å². The maximum atomic E-state index is 12.7. The van der Waals surface area contributed by atoms with Crippen LogP contribution in [0.2, 0.25) is 0 Å². The second-order valence-corrected chi connectivity index (χ2v) is 4.63. The van der Waals surface area contributed by atoms with Crippen molar-refractivity contribution in [3.63, 3.8) is 0 Å². The number of hydrogen-bond donors (Lipinski definition) is 2. The van der Waals surface area contributed by atoms with Gasteiger partial charge in [0.1, 0.15) is 0 Å². The summed E-state index contributed by atoms with van der Waals surface area (Å²) in [6.45, 7) is 3.89. The fourth-order valence-corrected chi connectivity index (χ4v) is 2.00. The molecule has 1 unspecified atom stereocenters. The maximum Gasteiger partial charge on any atom is 0.418 e. The third-order valence-electron chi connectivity index (χ3n) is 3.12. The molecule has 0 saturated carbocycles. The van der Waals surface area contributed by atoms with Gasteiger partial charge in [-0.25, -0.2) is 0 Å². The molecule has 3 nitrogen and oxygen atoms in total. The molecule has 20 heavy (non-hydrogen) atoms. The highest BCUT2D eigenvalue weighted by atomic mass is 19.4. The van der Waals surface area contributed by atoms with Gasteiger partial charge in [-0.2, -0.15) is 13.2 Å². The monoisotopic (exact) mass is 288 g/mol. The van der Waals surface area contributed by atoms with E-state index in [0.717, 1.165) is 25.3 Å². The number of anilines is 1. The fourth-order valence-electron chi connectivity index (χ4n) is 2.00. The average molecular weight is 288 g/mol. The molecule has 0 aliphatic rings. The van der Waals surface area contributed by atoms with Gasteiger partial charge in [0.25, 0.3) is 5.91 Å². The first-order chi connectivity index (χ1) is 9.31. The number of amides is 1. The van der Waals surface area contributed by atoms with Crippen LogP contribution >= 0.6 is 0 Å². The van der Waals surface area contributed by atoms with Crippen LogP contribution in [0.15, 0.2) is 18.2 Å². The second-order valence-electron chi connectivity index (χ2n) is 4.63. The number of nitrogen functional groups attached to an aromatic ring is 1. The normalized spacial score (nSPS) is 13.1. The molecule has 0 aliphatic heterocycles. The van der Waals surface area contributed by atoms with Crippen molar-refractivity contribution in [1.29, 1.82) is 0 Å². The number of nitrogens with two attached hydrogens (primary N) is 1. The van der Waals surface area contributed by atoms with Crippen LogP contribution in [0.1, 0.15) is 49.0 Å². The topological polar surface area (TPSA) is 55.1 Å². The predicted octanol–water partition coefficient (Wildman–Crippen LogP) is 3.60. The quantitative estimate of drug-likeness (QED) is 0.813. The lowest BCUT2D eigenvalue weighted by Gasteiger charge is -2.18. The molecule has 0 heterocycles. The maximum absolute atomic E-state index is 12.7. The predicted molar refractivity (Wildman–Crippen MR) is 72.3 cm³/mol. The Morgan fingerprint density at radius 3 is 2.50 bits per heavy atom. The van der Waals surface area contributed by atoms with Gasteiger partial charge in [-0.3, -0.25) is 4.79 Å². The van der Waals surface area contributed by atoms with E-state index >= 15 is 0 Å². The Bertz CT molecular complexity index is 472. The third kappa shape index (κ3) is 3.88. The Kier molecular flexibility index (Phi) is 5.42. The molecule has 0 bridgehead atoms. The minimum absolute atomic E-state index is 0.0542. The molecule has 1 amide bonds. The minimum Gasteiger partial charge on any atom is -0.398 e. The SMILES string of the molecule is CCCC(CC)NC(=O)c1cccc(C(F)(F)F)c1N. The van der Waals surface area contributed by atoms with Crippen molar-refractivity contribution in [2.45, 2.75) is 45.3 Å². The van der Waals surface area contributed by atoms with Gasteiger partial charge in [0.2, 0.25) is 0 Å². The van der Waals surface area contributed by atoms with Crippen molar-refractivity contribution >= 4 is 11.6 Å². The van der Waals surface area contributed by atoms with Crippen molar-refractivity contribution in [3.05, 3.63) is 29.3 Å². The Hall–Kier alpha value is -1.72. The van der Waals surface area contributed by atoms with E-state index in [4.69, 9.17) is 5.73 Å². The van der Waals surface area contributed by atoms with E-state index in [1.54, 1.807) is 0 Å². The fraction of sp³-hybridized carbons (Fsp3) is 0.500. The van der Waals surface area contributed by atoms with E-state index in [1.807, 2.05) is 13.8 Å². The molecule has 0 aromatic heterocycles. The van der Waals surface area contributed by atoms with Crippen LogP contribution in [-0.2, 0) is 6.18 Å². The molecule has 1 atom stereocenters. The molecule has 1 aromatic carbocycles. The molecule has 0 aliphatic carbocycles. The summed E-state index contributed by atoms with van der Waals surface area (Å²) >= 11 is 0. The smallest absolute Gasteiger partial charge is 0.398 e. The Morgan fingerprint density at radius 2 is 2.00 bits per heavy atom. The number of nitrogens with one attached hydrogen (secondary N) is 1. The van der Waals surface area contributed by atoms with Crippen LogP contribution in [0.3, 0.4) is 0 Å². The first kappa shape index (κ1) is 16.3. The van der Waals surface area contributed by atoms with Crippen LogP contribution in [0.25, 0.3) is 0 Å². The Balaban J connectivity index is 3.00. The van der Waals surface area contributed by atoms with E-state index in [0.29, 0.717) is 0 Å². The van der Waals surface area contributed by atoms with Crippen molar-refractivity contribution in [2.24, 2.45) is 0 Å². The summed E-state index contributed by atoms with van der Waals surface area (Å²) in [6.07, 6.45) is -2.18. The summed E-state index contributed by atoms with van der Waals surface area (Å²) in [6, 6.07) is 3.31. The summed E-state index contributed by atoms with van der Waals surface area (Å²) in [4.78, 5) is 12.0.